The summed E-state index contributed by atoms with van der Waals surface area (Å²) in [6.45, 7) is 1.99. The molecule has 7 heteroatoms. The van der Waals surface area contributed by atoms with Crippen molar-refractivity contribution in [3.63, 3.8) is 0 Å². The number of hydrogen-bond donors (Lipinski definition) is 3. The lowest BCUT2D eigenvalue weighted by atomic mass is 9.95. The van der Waals surface area contributed by atoms with Crippen LogP contribution < -0.4 is 10.6 Å². The number of urea groups is 1. The van der Waals surface area contributed by atoms with E-state index in [1.165, 1.54) is 13.2 Å². The maximum atomic E-state index is 12.3. The lowest BCUT2D eigenvalue weighted by molar-refractivity contribution is -0.140. The minimum absolute atomic E-state index is 0.00954. The molecule has 22 heavy (non-hydrogen) atoms. The first-order chi connectivity index (χ1) is 10.5. The van der Waals surface area contributed by atoms with Crippen LogP contribution in [0.15, 0.2) is 35.5 Å². The highest BCUT2D eigenvalue weighted by Crippen LogP contribution is 2.32. The van der Waals surface area contributed by atoms with Gasteiger partial charge in [-0.3, -0.25) is 0 Å². The molecular weight excluding hydrogens is 288 g/mol. The maximum absolute atomic E-state index is 12.3. The van der Waals surface area contributed by atoms with Gasteiger partial charge in [0.25, 0.3) is 0 Å². The molecule has 2 rings (SSSR count). The van der Waals surface area contributed by atoms with Crippen LogP contribution in [0.4, 0.5) is 4.79 Å². The number of benzene rings is 1. The summed E-state index contributed by atoms with van der Waals surface area (Å²) in [6, 6.07) is 5.29. The SMILES string of the molecule is COCCOC(=O)C1=C(C)NC(=O)N[C@@H]1c1ccccc1O. The zero-order valence-electron chi connectivity index (χ0n) is 12.4. The zero-order chi connectivity index (χ0) is 16.1. The quantitative estimate of drug-likeness (QED) is 0.561. The minimum Gasteiger partial charge on any atom is -0.508 e. The van der Waals surface area contributed by atoms with Gasteiger partial charge in [0.05, 0.1) is 18.2 Å². The first kappa shape index (κ1) is 15.8. The van der Waals surface area contributed by atoms with Gasteiger partial charge in [0.2, 0.25) is 0 Å². The minimum atomic E-state index is -0.773. The third-order valence-corrected chi connectivity index (χ3v) is 3.26. The Kier molecular flexibility index (Phi) is 5.00. The molecule has 0 fully saturated rings. The number of nitrogens with one attached hydrogen (secondary N) is 2. The maximum Gasteiger partial charge on any atom is 0.338 e. The average Bonchev–Trinajstić information content (AvgIpc) is 2.47. The third-order valence-electron chi connectivity index (χ3n) is 3.26. The summed E-state index contributed by atoms with van der Waals surface area (Å²) < 4.78 is 9.96. The number of esters is 1. The van der Waals surface area contributed by atoms with Gasteiger partial charge in [-0.25, -0.2) is 9.59 Å². The van der Waals surface area contributed by atoms with Crippen molar-refractivity contribution >= 4 is 12.0 Å². The van der Waals surface area contributed by atoms with Crippen molar-refractivity contribution in [1.82, 2.24) is 10.6 Å². The summed E-state index contributed by atoms with van der Waals surface area (Å²) in [7, 11) is 1.51. The first-order valence-corrected chi connectivity index (χ1v) is 6.76. The van der Waals surface area contributed by atoms with E-state index in [4.69, 9.17) is 9.47 Å². The molecule has 1 heterocycles. The molecule has 1 atom stereocenters. The first-order valence-electron chi connectivity index (χ1n) is 6.76. The number of ether oxygens (including phenoxy) is 2. The second-order valence-corrected chi connectivity index (χ2v) is 4.76. The van der Waals surface area contributed by atoms with E-state index in [2.05, 4.69) is 10.6 Å². The van der Waals surface area contributed by atoms with E-state index < -0.39 is 18.0 Å². The smallest absolute Gasteiger partial charge is 0.338 e. The topological polar surface area (TPSA) is 96.9 Å². The number of phenolic OH excluding ortho intramolecular Hbond substituents is 1. The van der Waals surface area contributed by atoms with Crippen LogP contribution in [0.3, 0.4) is 0 Å². The average molecular weight is 306 g/mol. The molecule has 1 aliphatic heterocycles. The van der Waals surface area contributed by atoms with E-state index in [1.807, 2.05) is 0 Å². The lowest BCUT2D eigenvalue weighted by Gasteiger charge is -2.28. The molecule has 0 unspecified atom stereocenters. The van der Waals surface area contributed by atoms with Crippen LogP contribution >= 0.6 is 0 Å². The second kappa shape index (κ2) is 6.95. The molecule has 3 N–H and O–H groups in total. The number of amides is 2. The van der Waals surface area contributed by atoms with Crippen molar-refractivity contribution < 1.29 is 24.2 Å². The number of phenols is 1. The summed E-state index contributed by atoms with van der Waals surface area (Å²) >= 11 is 0. The van der Waals surface area contributed by atoms with Crippen LogP contribution in [0.5, 0.6) is 5.75 Å². The summed E-state index contributed by atoms with van der Waals surface area (Å²) in [5.41, 5.74) is 1.06. The number of carbonyl (C=O) groups excluding carboxylic acids is 2. The third kappa shape index (κ3) is 3.37. The number of hydrogen-bond acceptors (Lipinski definition) is 5. The van der Waals surface area contributed by atoms with Gasteiger partial charge in [-0.05, 0) is 13.0 Å². The van der Waals surface area contributed by atoms with Crippen LogP contribution in [0.1, 0.15) is 18.5 Å². The van der Waals surface area contributed by atoms with Gasteiger partial charge >= 0.3 is 12.0 Å². The van der Waals surface area contributed by atoms with E-state index in [1.54, 1.807) is 25.1 Å². The Hall–Kier alpha value is -2.54. The fourth-order valence-electron chi connectivity index (χ4n) is 2.22. The van der Waals surface area contributed by atoms with Gasteiger partial charge in [-0.2, -0.15) is 0 Å². The molecule has 7 nitrogen and oxygen atoms in total. The van der Waals surface area contributed by atoms with E-state index in [9.17, 15) is 14.7 Å². The van der Waals surface area contributed by atoms with Crippen LogP contribution in [0, 0.1) is 0 Å². The standard InChI is InChI=1S/C15H18N2O5/c1-9-12(14(19)22-8-7-21-2)13(17-15(20)16-9)10-5-3-4-6-11(10)18/h3-6,13,18H,7-8H2,1-2H3,(H2,16,17,20)/t13-/m1/s1. The van der Waals surface area contributed by atoms with Crippen molar-refractivity contribution in [3.05, 3.63) is 41.1 Å². The Bertz CT molecular complexity index is 612. The summed E-state index contributed by atoms with van der Waals surface area (Å²) in [6.07, 6.45) is 0. The fraction of sp³-hybridized carbons (Fsp3) is 0.333. The predicted octanol–water partition coefficient (Wildman–Crippen LogP) is 1.21. The highest BCUT2D eigenvalue weighted by atomic mass is 16.6. The highest BCUT2D eigenvalue weighted by molar-refractivity contribution is 5.95. The molecule has 1 aromatic rings. The monoisotopic (exact) mass is 306 g/mol. The van der Waals surface area contributed by atoms with E-state index in [0.717, 1.165) is 0 Å². The Morgan fingerprint density at radius 3 is 2.73 bits per heavy atom. The second-order valence-electron chi connectivity index (χ2n) is 4.76. The Labute approximate surface area is 127 Å². The van der Waals surface area contributed by atoms with Crippen molar-refractivity contribution in [3.8, 4) is 5.75 Å². The van der Waals surface area contributed by atoms with E-state index >= 15 is 0 Å². The van der Waals surface area contributed by atoms with Gasteiger partial charge < -0.3 is 25.2 Å². The van der Waals surface area contributed by atoms with Crippen LogP contribution in [-0.4, -0.2) is 37.4 Å². The predicted molar refractivity (Wildman–Crippen MR) is 78.1 cm³/mol. The molecule has 0 aromatic heterocycles. The zero-order valence-corrected chi connectivity index (χ0v) is 12.4. The molecular formula is C15H18N2O5. The molecule has 2 amide bonds. The molecule has 0 saturated carbocycles. The summed E-state index contributed by atoms with van der Waals surface area (Å²) in [5, 5.41) is 15.1. The molecule has 0 saturated heterocycles. The molecule has 0 spiro atoms. The van der Waals surface area contributed by atoms with Gasteiger partial charge in [0, 0.05) is 18.4 Å². The molecule has 118 valence electrons. The number of carbonyl (C=O) groups is 2. The van der Waals surface area contributed by atoms with Crippen LogP contribution in [0.2, 0.25) is 0 Å². The number of para-hydroxylation sites is 1. The molecule has 1 aliphatic rings. The van der Waals surface area contributed by atoms with E-state index in [0.29, 0.717) is 11.3 Å². The lowest BCUT2D eigenvalue weighted by Crippen LogP contribution is -2.45. The van der Waals surface area contributed by atoms with Crippen molar-refractivity contribution in [2.75, 3.05) is 20.3 Å². The summed E-state index contributed by atoms with van der Waals surface area (Å²) in [5.74, 6) is -0.583. The summed E-state index contributed by atoms with van der Waals surface area (Å²) in [4.78, 5) is 24.0. The number of allylic oxidation sites excluding steroid dienone is 1. The molecule has 0 radical (unpaired) electrons. The Morgan fingerprint density at radius 2 is 2.05 bits per heavy atom. The normalized spacial score (nSPS) is 17.7. The fourth-order valence-corrected chi connectivity index (χ4v) is 2.22. The molecule has 1 aromatic carbocycles. The molecule has 0 aliphatic carbocycles. The van der Waals surface area contributed by atoms with Gasteiger partial charge in [-0.15, -0.1) is 0 Å². The van der Waals surface area contributed by atoms with Crippen molar-refractivity contribution in [2.24, 2.45) is 0 Å². The van der Waals surface area contributed by atoms with E-state index in [-0.39, 0.29) is 24.5 Å². The Balaban J connectivity index is 2.33. The number of aromatic hydroxyl groups is 1. The van der Waals surface area contributed by atoms with Crippen LogP contribution in [-0.2, 0) is 14.3 Å². The van der Waals surface area contributed by atoms with Crippen molar-refractivity contribution in [1.29, 1.82) is 0 Å². The van der Waals surface area contributed by atoms with Crippen molar-refractivity contribution in [2.45, 2.75) is 13.0 Å². The van der Waals surface area contributed by atoms with Gasteiger partial charge in [0.15, 0.2) is 0 Å². The highest BCUT2D eigenvalue weighted by Gasteiger charge is 2.33. The Morgan fingerprint density at radius 1 is 1.32 bits per heavy atom. The number of methoxy groups -OCH3 is 1. The van der Waals surface area contributed by atoms with Gasteiger partial charge in [0.1, 0.15) is 12.4 Å². The largest absolute Gasteiger partial charge is 0.508 e. The van der Waals surface area contributed by atoms with Crippen LogP contribution in [0.25, 0.3) is 0 Å². The number of rotatable bonds is 5. The van der Waals surface area contributed by atoms with Gasteiger partial charge in [-0.1, -0.05) is 18.2 Å². The molecule has 0 bridgehead atoms.